The van der Waals surface area contributed by atoms with E-state index < -0.39 is 11.4 Å². The molecule has 1 heterocycles. The van der Waals surface area contributed by atoms with Crippen molar-refractivity contribution in [2.24, 2.45) is 5.73 Å². The monoisotopic (exact) mass is 185 g/mol. The molecule has 1 aromatic heterocycles. The van der Waals surface area contributed by atoms with E-state index in [2.05, 4.69) is 5.10 Å². The molecule has 1 saturated carbocycles. The minimum Gasteiger partial charge on any atom is -0.329 e. The van der Waals surface area contributed by atoms with Crippen LogP contribution in [0.3, 0.4) is 0 Å². The Kier molecular flexibility index (Phi) is 1.95. The van der Waals surface area contributed by atoms with E-state index in [0.29, 0.717) is 18.8 Å². The predicted molar refractivity (Wildman–Crippen MR) is 46.0 cm³/mol. The van der Waals surface area contributed by atoms with Gasteiger partial charge in [0.2, 0.25) is 5.82 Å². The van der Waals surface area contributed by atoms with Crippen molar-refractivity contribution in [2.45, 2.75) is 25.3 Å². The van der Waals surface area contributed by atoms with E-state index in [9.17, 15) is 9.18 Å². The quantitative estimate of drug-likeness (QED) is 0.704. The Morgan fingerprint density at radius 1 is 1.62 bits per heavy atom. The molecule has 2 rings (SSSR count). The van der Waals surface area contributed by atoms with Crippen LogP contribution < -0.4 is 11.3 Å². The zero-order valence-corrected chi connectivity index (χ0v) is 7.22. The van der Waals surface area contributed by atoms with Gasteiger partial charge in [0.25, 0.3) is 0 Å². The molecule has 0 aliphatic heterocycles. The van der Waals surface area contributed by atoms with Gasteiger partial charge in [-0.1, -0.05) is 0 Å². The summed E-state index contributed by atoms with van der Waals surface area (Å²) >= 11 is 0. The number of halogens is 1. The highest BCUT2D eigenvalue weighted by atomic mass is 19.1. The summed E-state index contributed by atoms with van der Waals surface area (Å²) in [5.74, 6) is -0.400. The second-order valence-electron chi connectivity index (χ2n) is 3.36. The molecule has 0 saturated heterocycles. The topological polar surface area (TPSA) is 63.8 Å². The van der Waals surface area contributed by atoms with Crippen LogP contribution in [-0.4, -0.2) is 16.3 Å². The Bertz CT molecular complexity index is 364. The van der Waals surface area contributed by atoms with Crippen molar-refractivity contribution >= 4 is 0 Å². The summed E-state index contributed by atoms with van der Waals surface area (Å²) in [7, 11) is 0. The van der Waals surface area contributed by atoms with Gasteiger partial charge in [0.1, 0.15) is 0 Å². The van der Waals surface area contributed by atoms with Crippen LogP contribution in [-0.2, 0) is 6.54 Å². The number of aromatic amines is 1. The van der Waals surface area contributed by atoms with Gasteiger partial charge in [0.05, 0.1) is 12.2 Å². The average Bonchev–Trinajstić information content (AvgIpc) is 2.89. The van der Waals surface area contributed by atoms with E-state index in [1.807, 2.05) is 0 Å². The lowest BCUT2D eigenvalue weighted by Crippen LogP contribution is -2.22. The highest BCUT2D eigenvalue weighted by Crippen LogP contribution is 2.39. The van der Waals surface area contributed by atoms with E-state index in [1.165, 1.54) is 4.68 Å². The third kappa shape index (κ3) is 1.39. The molecule has 0 aromatic carbocycles. The molecule has 72 valence electrons. The fourth-order valence-corrected chi connectivity index (χ4v) is 1.41. The van der Waals surface area contributed by atoms with Crippen LogP contribution in [0.15, 0.2) is 4.79 Å². The van der Waals surface area contributed by atoms with Gasteiger partial charge < -0.3 is 5.73 Å². The van der Waals surface area contributed by atoms with E-state index >= 15 is 0 Å². The molecule has 0 bridgehead atoms. The number of nitrogens with one attached hydrogen (secondary N) is 1. The van der Waals surface area contributed by atoms with E-state index in [1.54, 1.807) is 0 Å². The first-order valence-electron chi connectivity index (χ1n) is 4.42. The number of nitrogens with zero attached hydrogens (tertiary/aromatic N) is 1. The van der Waals surface area contributed by atoms with Gasteiger partial charge in [-0.15, -0.1) is 0 Å². The summed E-state index contributed by atoms with van der Waals surface area (Å²) in [4.78, 5) is 11.2. The predicted octanol–water partition coefficient (Wildman–Crippen LogP) is 0.152. The minimum atomic E-state index is -0.629. The Morgan fingerprint density at radius 2 is 2.31 bits per heavy atom. The zero-order chi connectivity index (χ0) is 9.42. The summed E-state index contributed by atoms with van der Waals surface area (Å²) < 4.78 is 14.5. The molecule has 1 fully saturated rings. The van der Waals surface area contributed by atoms with E-state index in [4.69, 9.17) is 5.73 Å². The molecular formula is C8H12FN3O. The van der Waals surface area contributed by atoms with Gasteiger partial charge in [-0.05, 0) is 12.8 Å². The van der Waals surface area contributed by atoms with Crippen LogP contribution in [0, 0.1) is 5.82 Å². The lowest BCUT2D eigenvalue weighted by molar-refractivity contribution is 0.576. The van der Waals surface area contributed by atoms with Gasteiger partial charge >= 0.3 is 5.56 Å². The summed E-state index contributed by atoms with van der Waals surface area (Å²) in [5.41, 5.74) is 5.16. The maximum atomic E-state index is 13.2. The smallest absolute Gasteiger partial charge is 0.302 e. The number of aromatic nitrogens is 2. The normalized spacial score (nSPS) is 16.5. The lowest BCUT2D eigenvalue weighted by Gasteiger charge is -1.96. The number of hydrogen-bond donors (Lipinski definition) is 2. The number of rotatable bonds is 3. The van der Waals surface area contributed by atoms with E-state index in [-0.39, 0.29) is 5.92 Å². The summed E-state index contributed by atoms with van der Waals surface area (Å²) in [6.45, 7) is 0.687. The average molecular weight is 185 g/mol. The summed E-state index contributed by atoms with van der Waals surface area (Å²) in [6.07, 6.45) is 1.94. The SMILES string of the molecule is NCCn1[nH]c(C2CC2)c(F)c1=O. The third-order valence-corrected chi connectivity index (χ3v) is 2.26. The number of hydrogen-bond acceptors (Lipinski definition) is 2. The molecule has 0 atom stereocenters. The second kappa shape index (κ2) is 2.99. The molecule has 3 N–H and O–H groups in total. The molecule has 0 unspecified atom stereocenters. The van der Waals surface area contributed by atoms with Gasteiger partial charge in [-0.2, -0.15) is 4.39 Å². The molecule has 1 aliphatic carbocycles. The first kappa shape index (κ1) is 8.50. The second-order valence-corrected chi connectivity index (χ2v) is 3.36. The largest absolute Gasteiger partial charge is 0.329 e. The van der Waals surface area contributed by atoms with Crippen molar-refractivity contribution in [2.75, 3.05) is 6.54 Å². The molecule has 0 spiro atoms. The molecule has 0 radical (unpaired) electrons. The standard InChI is InChI=1S/C8H12FN3O/c9-6-7(5-1-2-5)11-12(4-3-10)8(6)13/h5,11H,1-4,10H2. The number of nitrogens with two attached hydrogens (primary N) is 1. The highest BCUT2D eigenvalue weighted by molar-refractivity contribution is 5.15. The summed E-state index contributed by atoms with van der Waals surface area (Å²) in [5, 5.41) is 2.76. The lowest BCUT2D eigenvalue weighted by atomic mass is 10.3. The van der Waals surface area contributed by atoms with Gasteiger partial charge in [-0.3, -0.25) is 9.89 Å². The van der Waals surface area contributed by atoms with Gasteiger partial charge in [0, 0.05) is 12.5 Å². The molecule has 1 aromatic rings. The first-order valence-corrected chi connectivity index (χ1v) is 4.42. The van der Waals surface area contributed by atoms with Crippen LogP contribution in [0.1, 0.15) is 24.5 Å². The first-order chi connectivity index (χ1) is 6.24. The zero-order valence-electron chi connectivity index (χ0n) is 7.22. The fraction of sp³-hybridized carbons (Fsp3) is 0.625. The van der Waals surface area contributed by atoms with Crippen molar-refractivity contribution in [3.8, 4) is 0 Å². The highest BCUT2D eigenvalue weighted by Gasteiger charge is 2.30. The fourth-order valence-electron chi connectivity index (χ4n) is 1.41. The molecule has 1 aliphatic rings. The van der Waals surface area contributed by atoms with Crippen molar-refractivity contribution in [1.82, 2.24) is 9.78 Å². The maximum Gasteiger partial charge on any atom is 0.302 e. The van der Waals surface area contributed by atoms with Crippen molar-refractivity contribution < 1.29 is 4.39 Å². The van der Waals surface area contributed by atoms with Crippen LogP contribution in [0.5, 0.6) is 0 Å². The molecule has 5 heteroatoms. The van der Waals surface area contributed by atoms with Crippen molar-refractivity contribution in [3.05, 3.63) is 21.9 Å². The Labute approximate surface area is 74.5 Å². The minimum absolute atomic E-state index is 0.228. The Balaban J connectivity index is 2.37. The van der Waals surface area contributed by atoms with Crippen LogP contribution in [0.25, 0.3) is 0 Å². The van der Waals surface area contributed by atoms with Gasteiger partial charge in [-0.25, -0.2) is 4.68 Å². The Morgan fingerprint density at radius 3 is 2.85 bits per heavy atom. The third-order valence-electron chi connectivity index (χ3n) is 2.26. The van der Waals surface area contributed by atoms with Crippen LogP contribution in [0.4, 0.5) is 4.39 Å². The Hall–Kier alpha value is -1.10. The van der Waals surface area contributed by atoms with Crippen LogP contribution in [0.2, 0.25) is 0 Å². The van der Waals surface area contributed by atoms with Crippen molar-refractivity contribution in [1.29, 1.82) is 0 Å². The molecule has 0 amide bonds. The molecule has 13 heavy (non-hydrogen) atoms. The van der Waals surface area contributed by atoms with Crippen molar-refractivity contribution in [3.63, 3.8) is 0 Å². The maximum absolute atomic E-state index is 13.2. The van der Waals surface area contributed by atoms with Gasteiger partial charge in [0.15, 0.2) is 0 Å². The summed E-state index contributed by atoms with van der Waals surface area (Å²) in [6, 6.07) is 0. The molecule has 4 nitrogen and oxygen atoms in total. The number of H-pyrrole nitrogens is 1. The van der Waals surface area contributed by atoms with Crippen LogP contribution >= 0.6 is 0 Å². The molecular weight excluding hydrogens is 173 g/mol. The van der Waals surface area contributed by atoms with E-state index in [0.717, 1.165) is 12.8 Å².